The number of benzene rings is 4. The van der Waals surface area contributed by atoms with Crippen LogP contribution in [-0.2, 0) is 12.8 Å². The maximum absolute atomic E-state index is 5.39. The fourth-order valence-corrected chi connectivity index (χ4v) is 9.70. The zero-order valence-electron chi connectivity index (χ0n) is 32.8. The Bertz CT molecular complexity index is 3320. The second-order valence-corrected chi connectivity index (χ2v) is 15.8. The minimum atomic E-state index is 0.167. The van der Waals surface area contributed by atoms with Gasteiger partial charge in [-0.1, -0.05) is 97.1 Å². The van der Waals surface area contributed by atoms with Crippen molar-refractivity contribution in [1.29, 1.82) is 0 Å². The summed E-state index contributed by atoms with van der Waals surface area (Å²) in [4.78, 5) is 35.1. The van der Waals surface area contributed by atoms with Crippen LogP contribution in [0.25, 0.3) is 89.5 Å². The van der Waals surface area contributed by atoms with Gasteiger partial charge in [0.25, 0.3) is 0 Å². The summed E-state index contributed by atoms with van der Waals surface area (Å²) < 4.78 is 0. The molecule has 1 unspecified atom stereocenters. The minimum Gasteiger partial charge on any atom is -0.254 e. The van der Waals surface area contributed by atoms with Gasteiger partial charge in [0.15, 0.2) is 17.5 Å². The fourth-order valence-electron chi connectivity index (χ4n) is 9.70. The second kappa shape index (κ2) is 14.1. The van der Waals surface area contributed by atoms with Crippen LogP contribution in [0.5, 0.6) is 0 Å². The van der Waals surface area contributed by atoms with E-state index >= 15 is 0 Å². The van der Waals surface area contributed by atoms with Crippen LogP contribution in [-0.4, -0.2) is 34.9 Å². The topological polar surface area (TPSA) is 90.2 Å². The molecule has 0 saturated heterocycles. The van der Waals surface area contributed by atoms with Crippen LogP contribution in [0.2, 0.25) is 0 Å². The lowest BCUT2D eigenvalue weighted by atomic mass is 9.75. The number of hydrogen-bond acceptors (Lipinski definition) is 7. The van der Waals surface area contributed by atoms with Gasteiger partial charge in [-0.2, -0.15) is 0 Å². The average Bonchev–Trinajstić information content (AvgIpc) is 3.33. The highest BCUT2D eigenvalue weighted by atomic mass is 15.0. The normalized spacial score (nSPS) is 15.5. The molecule has 0 amide bonds. The van der Waals surface area contributed by atoms with Crippen LogP contribution in [0, 0.1) is 0 Å². The van der Waals surface area contributed by atoms with Gasteiger partial charge in [0.1, 0.15) is 0 Å². The quantitative estimate of drug-likeness (QED) is 0.161. The van der Waals surface area contributed by atoms with Crippen molar-refractivity contribution in [2.45, 2.75) is 38.0 Å². The lowest BCUT2D eigenvalue weighted by Crippen LogP contribution is -2.17. The first-order valence-electron chi connectivity index (χ1n) is 20.8. The molecule has 0 aliphatic heterocycles. The summed E-state index contributed by atoms with van der Waals surface area (Å²) in [5.74, 6) is 2.24. The van der Waals surface area contributed by atoms with Gasteiger partial charge >= 0.3 is 0 Å². The third-order valence-corrected chi connectivity index (χ3v) is 12.5. The maximum atomic E-state index is 5.39. The van der Waals surface area contributed by atoms with Crippen molar-refractivity contribution >= 4 is 44.2 Å². The van der Waals surface area contributed by atoms with Crippen molar-refractivity contribution in [1.82, 2.24) is 34.9 Å². The monoisotopic (exact) mass is 771 g/mol. The van der Waals surface area contributed by atoms with Crippen LogP contribution in [0.1, 0.15) is 58.8 Å². The first-order valence-corrected chi connectivity index (χ1v) is 20.8. The Morgan fingerprint density at radius 2 is 1.20 bits per heavy atom. The summed E-state index contributed by atoms with van der Waals surface area (Å²) in [7, 11) is 0. The molecule has 4 aromatic carbocycles. The lowest BCUT2D eigenvalue weighted by Gasteiger charge is -2.30. The molecule has 0 bridgehead atoms. The molecule has 60 heavy (non-hydrogen) atoms. The van der Waals surface area contributed by atoms with Crippen LogP contribution >= 0.6 is 0 Å². The fraction of sp³-hybridized carbons (Fsp3) is 0.113. The molecule has 1 atom stereocenters. The van der Waals surface area contributed by atoms with Gasteiger partial charge in [-0.3, -0.25) is 19.9 Å². The number of fused-ring (bicyclic) bond motifs is 8. The van der Waals surface area contributed by atoms with Crippen LogP contribution in [0.3, 0.4) is 0 Å². The van der Waals surface area contributed by atoms with Gasteiger partial charge in [-0.25, -0.2) is 15.0 Å². The number of rotatable bonds is 5. The summed E-state index contributed by atoms with van der Waals surface area (Å²) in [6, 6.07) is 36.6. The molecule has 0 fully saturated rings. The van der Waals surface area contributed by atoms with E-state index in [0.717, 1.165) is 110 Å². The zero-order valence-corrected chi connectivity index (χ0v) is 32.8. The van der Waals surface area contributed by atoms with E-state index in [1.807, 2.05) is 43.0 Å². The van der Waals surface area contributed by atoms with E-state index < -0.39 is 0 Å². The van der Waals surface area contributed by atoms with Crippen molar-refractivity contribution in [3.05, 3.63) is 186 Å². The van der Waals surface area contributed by atoms with Gasteiger partial charge in [-0.05, 0) is 124 Å². The predicted octanol–water partition coefficient (Wildman–Crippen LogP) is 12.0. The Hall–Kier alpha value is -7.51. The van der Waals surface area contributed by atoms with E-state index in [1.165, 1.54) is 27.8 Å². The summed E-state index contributed by atoms with van der Waals surface area (Å²) in [5, 5.41) is 4.33. The number of hydrogen-bond donors (Lipinski definition) is 0. The molecule has 0 radical (unpaired) electrons. The van der Waals surface area contributed by atoms with E-state index in [9.17, 15) is 0 Å². The molecule has 3 aliphatic carbocycles. The van der Waals surface area contributed by atoms with E-state index in [2.05, 4.69) is 115 Å². The Balaban J connectivity index is 1.04. The van der Waals surface area contributed by atoms with Crippen LogP contribution in [0.4, 0.5) is 0 Å². The third-order valence-electron chi connectivity index (χ3n) is 12.5. The molecule has 9 aromatic rings. The van der Waals surface area contributed by atoms with Gasteiger partial charge in [-0.15, -0.1) is 0 Å². The molecule has 7 nitrogen and oxygen atoms in total. The molecule has 0 N–H and O–H groups in total. The highest BCUT2D eigenvalue weighted by molar-refractivity contribution is 6.14. The predicted molar refractivity (Wildman–Crippen MR) is 241 cm³/mol. The van der Waals surface area contributed by atoms with Gasteiger partial charge < -0.3 is 0 Å². The van der Waals surface area contributed by atoms with Crippen molar-refractivity contribution in [3.8, 4) is 45.3 Å². The Morgan fingerprint density at radius 1 is 0.500 bits per heavy atom. The average molecular weight is 772 g/mol. The Labute approximate surface area is 347 Å². The molecule has 0 saturated carbocycles. The van der Waals surface area contributed by atoms with Crippen molar-refractivity contribution in [2.75, 3.05) is 0 Å². The van der Waals surface area contributed by atoms with E-state index in [-0.39, 0.29) is 5.92 Å². The number of nitrogens with zero attached hydrogens (tertiary/aromatic N) is 7. The molecule has 5 heterocycles. The highest BCUT2D eigenvalue weighted by Gasteiger charge is 2.31. The zero-order chi connectivity index (χ0) is 39.6. The first-order chi connectivity index (χ1) is 29.8. The summed E-state index contributed by atoms with van der Waals surface area (Å²) in [5.41, 5.74) is 15.5. The van der Waals surface area contributed by atoms with E-state index in [4.69, 9.17) is 34.9 Å². The number of aromatic nitrogens is 7. The molecule has 284 valence electrons. The van der Waals surface area contributed by atoms with Crippen LogP contribution < -0.4 is 0 Å². The SMILES string of the molecule is C1=CCCC(c2nc(-c3ccc(C4Cc5cccnc5-c5ncccc54)c4c3C=CCC4)nc(-c3ccc(-c4cc5cccnc5c5ncccc45)c4ccccc34)n2)=C1. The first kappa shape index (κ1) is 34.5. The smallest absolute Gasteiger partial charge is 0.164 e. The standard InChI is InChI=1S/C53H37N7/c1-2-12-32(13-3-1)51-58-52(43-24-22-39(35-16-4-6-18-37(35)43)45-30-33-14-8-26-54-47(33)49-41(45)20-10-28-56-49)60-53(59-51)44-25-23-40(36-17-5-7-19-38(36)44)46-31-34-15-9-27-55-48(34)50-42(46)21-11-29-57-50/h1-2,4,6-12,14-16,18-30,46H,3,5,13,17,31H2. The van der Waals surface area contributed by atoms with Gasteiger partial charge in [0.2, 0.25) is 0 Å². The van der Waals surface area contributed by atoms with Gasteiger partial charge in [0, 0.05) is 52.6 Å². The maximum Gasteiger partial charge on any atom is 0.164 e. The second-order valence-electron chi connectivity index (χ2n) is 15.8. The van der Waals surface area contributed by atoms with Crippen molar-refractivity contribution in [3.63, 3.8) is 0 Å². The molecule has 7 heteroatoms. The molecular formula is C53H37N7. The largest absolute Gasteiger partial charge is 0.254 e. The third kappa shape index (κ3) is 5.61. The molecule has 5 aromatic heterocycles. The molecule has 12 rings (SSSR count). The van der Waals surface area contributed by atoms with Gasteiger partial charge in [0.05, 0.1) is 22.4 Å². The van der Waals surface area contributed by atoms with Crippen LogP contribution in [0.15, 0.2) is 152 Å². The number of pyridine rings is 4. The van der Waals surface area contributed by atoms with Crippen molar-refractivity contribution in [2.24, 2.45) is 0 Å². The summed E-state index contributed by atoms with van der Waals surface area (Å²) in [6.45, 7) is 0. The Morgan fingerprint density at radius 3 is 2.08 bits per heavy atom. The van der Waals surface area contributed by atoms with E-state index in [1.54, 1.807) is 0 Å². The molecule has 3 aliphatic rings. The lowest BCUT2D eigenvalue weighted by molar-refractivity contribution is 0.762. The molecule has 0 spiro atoms. The Kier molecular flexibility index (Phi) is 8.11. The summed E-state index contributed by atoms with van der Waals surface area (Å²) in [6.07, 6.45) is 23.1. The minimum absolute atomic E-state index is 0.167. The highest BCUT2D eigenvalue weighted by Crippen LogP contribution is 2.45. The van der Waals surface area contributed by atoms with Crippen molar-refractivity contribution < 1.29 is 0 Å². The number of allylic oxidation sites excluding steroid dienone is 5. The molecular weight excluding hydrogens is 735 g/mol. The van der Waals surface area contributed by atoms with E-state index in [0.29, 0.717) is 11.6 Å². The summed E-state index contributed by atoms with van der Waals surface area (Å²) >= 11 is 0.